The van der Waals surface area contributed by atoms with Crippen molar-refractivity contribution in [3.8, 4) is 0 Å². The van der Waals surface area contributed by atoms with E-state index in [1.54, 1.807) is 26.2 Å². The van der Waals surface area contributed by atoms with Crippen LogP contribution in [-0.4, -0.2) is 28.2 Å². The molecule has 0 radical (unpaired) electrons. The van der Waals surface area contributed by atoms with Crippen molar-refractivity contribution in [3.05, 3.63) is 58.4 Å². The van der Waals surface area contributed by atoms with Gasteiger partial charge in [0.1, 0.15) is 5.69 Å². The quantitative estimate of drug-likeness (QED) is 0.624. The maximum atomic E-state index is 12.5. The normalized spacial score (nSPS) is 11.9. The van der Waals surface area contributed by atoms with Crippen LogP contribution in [0.4, 0.5) is 0 Å². The lowest BCUT2D eigenvalue weighted by atomic mass is 9.99. The molecular weight excluding hydrogens is 306 g/mol. The zero-order valence-electron chi connectivity index (χ0n) is 14.5. The molecule has 1 heterocycles. The van der Waals surface area contributed by atoms with Crippen molar-refractivity contribution in [2.75, 3.05) is 0 Å². The average Bonchev–Trinajstić information content (AvgIpc) is 2.91. The van der Waals surface area contributed by atoms with Gasteiger partial charge in [-0.15, -0.1) is 0 Å². The van der Waals surface area contributed by atoms with Crippen molar-refractivity contribution < 1.29 is 19.1 Å². The molecule has 0 unspecified atom stereocenters. The maximum absolute atomic E-state index is 12.5. The summed E-state index contributed by atoms with van der Waals surface area (Å²) in [6, 6.07) is 7.06. The Labute approximate surface area is 141 Å². The van der Waals surface area contributed by atoms with Gasteiger partial charge in [-0.3, -0.25) is 9.59 Å². The Balaban J connectivity index is 2.18. The van der Waals surface area contributed by atoms with Crippen molar-refractivity contribution in [2.45, 2.75) is 33.8 Å². The molecule has 2 aromatic rings. The van der Waals surface area contributed by atoms with E-state index in [9.17, 15) is 14.4 Å². The van der Waals surface area contributed by atoms with E-state index >= 15 is 0 Å². The third-order valence-electron chi connectivity index (χ3n) is 3.93. The highest BCUT2D eigenvalue weighted by molar-refractivity contribution is 6.03. The summed E-state index contributed by atoms with van der Waals surface area (Å²) in [5, 5.41) is 0. The van der Waals surface area contributed by atoms with Crippen LogP contribution >= 0.6 is 0 Å². The number of rotatable bonds is 5. The fourth-order valence-electron chi connectivity index (χ4n) is 2.45. The molecule has 0 saturated carbocycles. The van der Waals surface area contributed by atoms with Gasteiger partial charge in [0.2, 0.25) is 5.78 Å². The molecule has 1 aromatic carbocycles. The van der Waals surface area contributed by atoms with Gasteiger partial charge in [-0.05, 0) is 45.4 Å². The molecule has 0 N–H and O–H groups in total. The summed E-state index contributed by atoms with van der Waals surface area (Å²) in [5.74, 6) is -1.01. The number of hydrogen-bond acceptors (Lipinski definition) is 4. The van der Waals surface area contributed by atoms with Gasteiger partial charge in [0.05, 0.1) is 0 Å². The minimum Gasteiger partial charge on any atom is -0.450 e. The number of aryl methyl sites for hydroxylation is 3. The second-order valence-electron chi connectivity index (χ2n) is 6.01. The summed E-state index contributed by atoms with van der Waals surface area (Å²) in [4.78, 5) is 36.2. The standard InChI is InChI=1S/C19H21NO4/c1-11-6-7-12(2)16(8-11)18(22)14(4)24-19(23)17-9-15(13(3)21)10-20(17)5/h6-10,14H,1-5H3/t14-/m1/s1. The summed E-state index contributed by atoms with van der Waals surface area (Å²) in [6.07, 6.45) is 0.657. The molecule has 0 bridgehead atoms. The molecule has 2 rings (SSSR count). The van der Waals surface area contributed by atoms with Crippen LogP contribution < -0.4 is 0 Å². The lowest BCUT2D eigenvalue weighted by Crippen LogP contribution is -2.26. The first-order valence-electron chi connectivity index (χ1n) is 7.70. The number of ether oxygens (including phenoxy) is 1. The molecule has 0 fully saturated rings. The third kappa shape index (κ3) is 3.62. The SMILES string of the molecule is CC(=O)c1cc(C(=O)O[C@H](C)C(=O)c2cc(C)ccc2C)n(C)c1. The van der Waals surface area contributed by atoms with Gasteiger partial charge in [-0.25, -0.2) is 4.79 Å². The first kappa shape index (κ1) is 17.7. The zero-order chi connectivity index (χ0) is 18.0. The summed E-state index contributed by atoms with van der Waals surface area (Å²) >= 11 is 0. The largest absolute Gasteiger partial charge is 0.450 e. The van der Waals surface area contributed by atoms with Gasteiger partial charge in [0.15, 0.2) is 11.9 Å². The molecule has 0 aliphatic heterocycles. The van der Waals surface area contributed by atoms with E-state index in [-0.39, 0.29) is 17.3 Å². The summed E-state index contributed by atoms with van der Waals surface area (Å²) in [5.41, 5.74) is 3.02. The van der Waals surface area contributed by atoms with Crippen LogP contribution in [-0.2, 0) is 11.8 Å². The van der Waals surface area contributed by atoms with Gasteiger partial charge >= 0.3 is 5.97 Å². The predicted octanol–water partition coefficient (Wildman–Crippen LogP) is 3.27. The molecule has 0 spiro atoms. The molecule has 0 amide bonds. The minimum atomic E-state index is -0.909. The number of hydrogen-bond donors (Lipinski definition) is 0. The lowest BCUT2D eigenvalue weighted by molar-refractivity contribution is 0.0309. The summed E-state index contributed by atoms with van der Waals surface area (Å²) in [6.45, 7) is 6.73. The number of ketones is 2. The first-order valence-corrected chi connectivity index (χ1v) is 7.70. The molecule has 0 saturated heterocycles. The molecule has 0 aliphatic carbocycles. The van der Waals surface area contributed by atoms with Crippen LogP contribution in [0.2, 0.25) is 0 Å². The summed E-state index contributed by atoms with van der Waals surface area (Å²) < 4.78 is 6.82. The molecular formula is C19H21NO4. The second-order valence-corrected chi connectivity index (χ2v) is 6.01. The van der Waals surface area contributed by atoms with E-state index < -0.39 is 12.1 Å². The van der Waals surface area contributed by atoms with E-state index in [4.69, 9.17) is 4.74 Å². The van der Waals surface area contributed by atoms with Crippen molar-refractivity contribution in [1.29, 1.82) is 0 Å². The molecule has 5 heteroatoms. The molecule has 24 heavy (non-hydrogen) atoms. The van der Waals surface area contributed by atoms with Crippen LogP contribution in [0.15, 0.2) is 30.5 Å². The number of benzene rings is 1. The number of aromatic nitrogens is 1. The van der Waals surface area contributed by atoms with Gasteiger partial charge in [-0.2, -0.15) is 0 Å². The van der Waals surface area contributed by atoms with Crippen LogP contribution in [0.1, 0.15) is 56.2 Å². The highest BCUT2D eigenvalue weighted by atomic mass is 16.5. The van der Waals surface area contributed by atoms with Crippen LogP contribution in [0.3, 0.4) is 0 Å². The highest BCUT2D eigenvalue weighted by Gasteiger charge is 2.23. The average molecular weight is 327 g/mol. The number of carbonyl (C=O) groups excluding carboxylic acids is 3. The predicted molar refractivity (Wildman–Crippen MR) is 90.5 cm³/mol. The number of Topliss-reactive ketones (excluding diaryl/α,β-unsaturated/α-hetero) is 2. The Morgan fingerprint density at radius 3 is 2.38 bits per heavy atom. The van der Waals surface area contributed by atoms with E-state index in [0.717, 1.165) is 11.1 Å². The van der Waals surface area contributed by atoms with Crippen molar-refractivity contribution >= 4 is 17.5 Å². The van der Waals surface area contributed by atoms with Gasteiger partial charge < -0.3 is 9.30 Å². The number of nitrogens with zero attached hydrogens (tertiary/aromatic N) is 1. The van der Waals surface area contributed by atoms with Crippen LogP contribution in [0, 0.1) is 13.8 Å². The zero-order valence-corrected chi connectivity index (χ0v) is 14.5. The fraction of sp³-hybridized carbons (Fsp3) is 0.316. The Bertz CT molecular complexity index is 817. The van der Waals surface area contributed by atoms with Crippen molar-refractivity contribution in [2.24, 2.45) is 7.05 Å². The number of carbonyl (C=O) groups is 3. The second kappa shape index (κ2) is 6.83. The third-order valence-corrected chi connectivity index (χ3v) is 3.93. The molecule has 1 atom stereocenters. The Morgan fingerprint density at radius 1 is 1.12 bits per heavy atom. The van der Waals surface area contributed by atoms with E-state index in [1.807, 2.05) is 26.0 Å². The Kier molecular flexibility index (Phi) is 5.02. The highest BCUT2D eigenvalue weighted by Crippen LogP contribution is 2.16. The number of esters is 1. The van der Waals surface area contributed by atoms with Crippen LogP contribution in [0.25, 0.3) is 0 Å². The topological polar surface area (TPSA) is 65.4 Å². The van der Waals surface area contributed by atoms with E-state index in [1.165, 1.54) is 17.6 Å². The van der Waals surface area contributed by atoms with E-state index in [2.05, 4.69) is 0 Å². The van der Waals surface area contributed by atoms with Gasteiger partial charge in [-0.1, -0.05) is 17.7 Å². The Hall–Kier alpha value is -2.69. The van der Waals surface area contributed by atoms with Gasteiger partial charge in [0.25, 0.3) is 0 Å². The molecule has 5 nitrogen and oxygen atoms in total. The van der Waals surface area contributed by atoms with Gasteiger partial charge in [0, 0.05) is 24.4 Å². The summed E-state index contributed by atoms with van der Waals surface area (Å²) in [7, 11) is 1.65. The fourth-order valence-corrected chi connectivity index (χ4v) is 2.45. The Morgan fingerprint density at radius 2 is 1.79 bits per heavy atom. The van der Waals surface area contributed by atoms with Crippen molar-refractivity contribution in [3.63, 3.8) is 0 Å². The minimum absolute atomic E-state index is 0.135. The molecule has 126 valence electrons. The lowest BCUT2D eigenvalue weighted by Gasteiger charge is -2.14. The smallest absolute Gasteiger partial charge is 0.355 e. The monoisotopic (exact) mass is 327 g/mol. The first-order chi connectivity index (χ1) is 11.2. The van der Waals surface area contributed by atoms with E-state index in [0.29, 0.717) is 11.1 Å². The van der Waals surface area contributed by atoms with Crippen LogP contribution in [0.5, 0.6) is 0 Å². The molecule has 1 aromatic heterocycles. The maximum Gasteiger partial charge on any atom is 0.355 e. The van der Waals surface area contributed by atoms with Crippen molar-refractivity contribution in [1.82, 2.24) is 4.57 Å². The molecule has 0 aliphatic rings.